The van der Waals surface area contributed by atoms with E-state index in [1.165, 1.54) is 25.7 Å². The number of hydrogen-bond donors (Lipinski definition) is 1. The smallest absolute Gasteiger partial charge is 0.0578 e. The predicted octanol–water partition coefficient (Wildman–Crippen LogP) is 2.74. The van der Waals surface area contributed by atoms with E-state index < -0.39 is 0 Å². The molecule has 2 nitrogen and oxygen atoms in total. The van der Waals surface area contributed by atoms with Crippen LogP contribution >= 0.6 is 0 Å². The largest absolute Gasteiger partial charge is 0.393 e. The highest BCUT2D eigenvalue weighted by molar-refractivity contribution is 4.70. The number of rotatable bonds is 6. The number of aliphatic hydroxyl groups is 1. The standard InChI is InChI=1S/C12H24O2/c1-3-11(7-6-10(2)13)9-12-5-4-8-14-12/h10-13H,3-9H2,1-2H3. The molecule has 1 aliphatic rings. The molecule has 3 unspecified atom stereocenters. The van der Waals surface area contributed by atoms with Gasteiger partial charge in [-0.3, -0.25) is 0 Å². The Balaban J connectivity index is 2.16. The highest BCUT2D eigenvalue weighted by atomic mass is 16.5. The second-order valence-corrected chi connectivity index (χ2v) is 4.57. The van der Waals surface area contributed by atoms with Gasteiger partial charge in [-0.25, -0.2) is 0 Å². The van der Waals surface area contributed by atoms with Gasteiger partial charge < -0.3 is 9.84 Å². The summed E-state index contributed by atoms with van der Waals surface area (Å²) in [6, 6.07) is 0. The Hall–Kier alpha value is -0.0800. The summed E-state index contributed by atoms with van der Waals surface area (Å²) in [6.45, 7) is 5.07. The Morgan fingerprint density at radius 3 is 2.71 bits per heavy atom. The van der Waals surface area contributed by atoms with E-state index in [1.54, 1.807) is 0 Å². The van der Waals surface area contributed by atoms with E-state index in [2.05, 4.69) is 6.92 Å². The van der Waals surface area contributed by atoms with Crippen molar-refractivity contribution in [3.8, 4) is 0 Å². The number of aliphatic hydroxyl groups excluding tert-OH is 1. The van der Waals surface area contributed by atoms with E-state index in [4.69, 9.17) is 4.74 Å². The first-order chi connectivity index (χ1) is 6.72. The monoisotopic (exact) mass is 200 g/mol. The lowest BCUT2D eigenvalue weighted by molar-refractivity contribution is 0.0835. The summed E-state index contributed by atoms with van der Waals surface area (Å²) in [7, 11) is 0. The molecule has 0 radical (unpaired) electrons. The molecule has 0 aromatic rings. The minimum absolute atomic E-state index is 0.145. The zero-order valence-electron chi connectivity index (χ0n) is 9.54. The fourth-order valence-electron chi connectivity index (χ4n) is 2.17. The first-order valence-electron chi connectivity index (χ1n) is 6.02. The van der Waals surface area contributed by atoms with Crippen molar-refractivity contribution in [2.45, 2.75) is 64.6 Å². The lowest BCUT2D eigenvalue weighted by Crippen LogP contribution is -2.14. The Labute approximate surface area is 87.7 Å². The van der Waals surface area contributed by atoms with Gasteiger partial charge >= 0.3 is 0 Å². The van der Waals surface area contributed by atoms with Crippen LogP contribution in [0.3, 0.4) is 0 Å². The Morgan fingerprint density at radius 2 is 2.21 bits per heavy atom. The summed E-state index contributed by atoms with van der Waals surface area (Å²) >= 11 is 0. The SMILES string of the molecule is CCC(CCC(C)O)CC1CCCO1. The average molecular weight is 200 g/mol. The molecule has 14 heavy (non-hydrogen) atoms. The zero-order valence-corrected chi connectivity index (χ0v) is 9.54. The average Bonchev–Trinajstić information content (AvgIpc) is 2.64. The highest BCUT2D eigenvalue weighted by Crippen LogP contribution is 2.25. The van der Waals surface area contributed by atoms with Crippen molar-refractivity contribution in [1.82, 2.24) is 0 Å². The van der Waals surface area contributed by atoms with Crippen LogP contribution in [0.2, 0.25) is 0 Å². The van der Waals surface area contributed by atoms with Crippen LogP contribution in [0.5, 0.6) is 0 Å². The van der Waals surface area contributed by atoms with Gasteiger partial charge in [-0.1, -0.05) is 13.3 Å². The van der Waals surface area contributed by atoms with Gasteiger partial charge in [-0.15, -0.1) is 0 Å². The molecule has 3 atom stereocenters. The number of ether oxygens (including phenoxy) is 1. The maximum absolute atomic E-state index is 9.23. The minimum Gasteiger partial charge on any atom is -0.393 e. The van der Waals surface area contributed by atoms with Crippen molar-refractivity contribution in [2.24, 2.45) is 5.92 Å². The van der Waals surface area contributed by atoms with E-state index >= 15 is 0 Å². The molecular formula is C12H24O2. The third kappa shape index (κ3) is 4.43. The fourth-order valence-corrected chi connectivity index (χ4v) is 2.17. The lowest BCUT2D eigenvalue weighted by Gasteiger charge is -2.19. The predicted molar refractivity (Wildman–Crippen MR) is 58.3 cm³/mol. The van der Waals surface area contributed by atoms with Crippen LogP contribution in [0.1, 0.15) is 52.4 Å². The molecule has 0 saturated carbocycles. The van der Waals surface area contributed by atoms with Crippen LogP contribution in [0.25, 0.3) is 0 Å². The number of hydrogen-bond acceptors (Lipinski definition) is 2. The van der Waals surface area contributed by atoms with Crippen molar-refractivity contribution in [1.29, 1.82) is 0 Å². The molecule has 0 aromatic carbocycles. The topological polar surface area (TPSA) is 29.5 Å². The maximum atomic E-state index is 9.23. The fraction of sp³-hybridized carbons (Fsp3) is 1.00. The third-order valence-corrected chi connectivity index (χ3v) is 3.19. The van der Waals surface area contributed by atoms with Gasteiger partial charge in [0, 0.05) is 6.61 Å². The summed E-state index contributed by atoms with van der Waals surface area (Å²) < 4.78 is 5.63. The molecule has 1 aliphatic heterocycles. The third-order valence-electron chi connectivity index (χ3n) is 3.19. The van der Waals surface area contributed by atoms with E-state index in [-0.39, 0.29) is 6.10 Å². The molecule has 84 valence electrons. The van der Waals surface area contributed by atoms with Gasteiger partial charge in [0.05, 0.1) is 12.2 Å². The molecule has 0 aromatic heterocycles. The summed E-state index contributed by atoms with van der Waals surface area (Å²) in [5.41, 5.74) is 0. The molecule has 1 fully saturated rings. The van der Waals surface area contributed by atoms with Crippen molar-refractivity contribution < 1.29 is 9.84 Å². The normalized spacial score (nSPS) is 26.4. The summed E-state index contributed by atoms with van der Waals surface area (Å²) in [5, 5.41) is 9.23. The quantitative estimate of drug-likeness (QED) is 0.714. The maximum Gasteiger partial charge on any atom is 0.0578 e. The minimum atomic E-state index is -0.145. The lowest BCUT2D eigenvalue weighted by atomic mass is 9.92. The van der Waals surface area contributed by atoms with Gasteiger partial charge in [0.2, 0.25) is 0 Å². The van der Waals surface area contributed by atoms with Crippen molar-refractivity contribution >= 4 is 0 Å². The molecule has 0 spiro atoms. The van der Waals surface area contributed by atoms with E-state index in [0.717, 1.165) is 25.4 Å². The molecular weight excluding hydrogens is 176 g/mol. The van der Waals surface area contributed by atoms with Crippen molar-refractivity contribution in [2.75, 3.05) is 6.61 Å². The summed E-state index contributed by atoms with van der Waals surface area (Å²) in [5.74, 6) is 0.743. The summed E-state index contributed by atoms with van der Waals surface area (Å²) in [6.07, 6.45) is 7.33. The van der Waals surface area contributed by atoms with Crippen molar-refractivity contribution in [3.63, 3.8) is 0 Å². The molecule has 0 bridgehead atoms. The molecule has 1 rings (SSSR count). The highest BCUT2D eigenvalue weighted by Gasteiger charge is 2.19. The van der Waals surface area contributed by atoms with Gasteiger partial charge in [-0.2, -0.15) is 0 Å². The van der Waals surface area contributed by atoms with Crippen LogP contribution in [-0.2, 0) is 4.74 Å². The van der Waals surface area contributed by atoms with Crippen LogP contribution in [-0.4, -0.2) is 23.9 Å². The van der Waals surface area contributed by atoms with E-state index in [9.17, 15) is 5.11 Å². The van der Waals surface area contributed by atoms with Crippen LogP contribution < -0.4 is 0 Å². The zero-order chi connectivity index (χ0) is 10.4. The first-order valence-corrected chi connectivity index (χ1v) is 6.02. The Morgan fingerprint density at radius 1 is 1.43 bits per heavy atom. The van der Waals surface area contributed by atoms with Crippen LogP contribution in [0, 0.1) is 5.92 Å². The molecule has 0 aliphatic carbocycles. The van der Waals surface area contributed by atoms with Crippen LogP contribution in [0.4, 0.5) is 0 Å². The second-order valence-electron chi connectivity index (χ2n) is 4.57. The molecule has 1 heterocycles. The molecule has 1 saturated heterocycles. The van der Waals surface area contributed by atoms with E-state index in [1.807, 2.05) is 6.92 Å². The van der Waals surface area contributed by atoms with Gasteiger partial charge in [0.25, 0.3) is 0 Å². The van der Waals surface area contributed by atoms with Crippen molar-refractivity contribution in [3.05, 3.63) is 0 Å². The van der Waals surface area contributed by atoms with Gasteiger partial charge in [0.1, 0.15) is 0 Å². The van der Waals surface area contributed by atoms with Crippen LogP contribution in [0.15, 0.2) is 0 Å². The van der Waals surface area contributed by atoms with Gasteiger partial charge in [-0.05, 0) is 44.9 Å². The second kappa shape index (κ2) is 6.41. The van der Waals surface area contributed by atoms with E-state index in [0.29, 0.717) is 6.10 Å². The Kier molecular flexibility index (Phi) is 5.49. The molecule has 1 N–H and O–H groups in total. The first kappa shape index (κ1) is 12.0. The van der Waals surface area contributed by atoms with Gasteiger partial charge in [0.15, 0.2) is 0 Å². The summed E-state index contributed by atoms with van der Waals surface area (Å²) in [4.78, 5) is 0. The molecule has 0 amide bonds. The Bertz CT molecular complexity index is 139. The molecule has 2 heteroatoms.